The molecule has 0 unspecified atom stereocenters. The van der Waals surface area contributed by atoms with Crippen LogP contribution in [0.15, 0.2) is 12.1 Å². The van der Waals surface area contributed by atoms with Crippen molar-refractivity contribution >= 4 is 5.97 Å². The van der Waals surface area contributed by atoms with Crippen LogP contribution in [0.3, 0.4) is 0 Å². The quantitative estimate of drug-likeness (QED) is 0.588. The predicted octanol–water partition coefficient (Wildman–Crippen LogP) is 1.70. The first kappa shape index (κ1) is 11.6. The van der Waals surface area contributed by atoms with E-state index in [-0.39, 0.29) is 5.56 Å². The highest BCUT2D eigenvalue weighted by Gasteiger charge is 2.45. The Morgan fingerprint density at radius 1 is 1.06 bits per heavy atom. The number of phenols is 3. The first-order valence-electron chi connectivity index (χ1n) is 5.47. The van der Waals surface area contributed by atoms with Gasteiger partial charge in [0.2, 0.25) is 5.75 Å². The molecular weight excluding hydrogens is 224 g/mol. The average Bonchev–Trinajstić information content (AvgIpc) is 2.76. The van der Waals surface area contributed by atoms with Crippen LogP contribution < -0.4 is 0 Å². The van der Waals surface area contributed by atoms with Crippen molar-refractivity contribution < 1.29 is 25.2 Å². The van der Waals surface area contributed by atoms with Crippen LogP contribution in [0.1, 0.15) is 31.2 Å². The van der Waals surface area contributed by atoms with Gasteiger partial charge in [-0.25, -0.2) is 0 Å². The number of carbonyl (C=O) groups is 1. The first-order chi connectivity index (χ1) is 7.99. The SMILES string of the molecule is O=C(O)C1(c2ccc(O)c(O)c2O)CCCC1. The zero-order valence-corrected chi connectivity index (χ0v) is 9.18. The highest BCUT2D eigenvalue weighted by atomic mass is 16.4. The molecule has 1 aromatic carbocycles. The van der Waals surface area contributed by atoms with Gasteiger partial charge in [0.05, 0.1) is 5.41 Å². The fourth-order valence-electron chi connectivity index (χ4n) is 2.53. The van der Waals surface area contributed by atoms with E-state index in [1.165, 1.54) is 12.1 Å². The van der Waals surface area contributed by atoms with Crippen LogP contribution in [0.4, 0.5) is 0 Å². The Morgan fingerprint density at radius 2 is 1.65 bits per heavy atom. The predicted molar refractivity (Wildman–Crippen MR) is 59.2 cm³/mol. The van der Waals surface area contributed by atoms with Crippen molar-refractivity contribution in [1.82, 2.24) is 0 Å². The lowest BCUT2D eigenvalue weighted by Gasteiger charge is -2.25. The third-order valence-electron chi connectivity index (χ3n) is 3.51. The van der Waals surface area contributed by atoms with E-state index >= 15 is 0 Å². The van der Waals surface area contributed by atoms with Crippen molar-refractivity contribution in [3.8, 4) is 17.2 Å². The number of carboxylic acids is 1. The summed E-state index contributed by atoms with van der Waals surface area (Å²) < 4.78 is 0. The van der Waals surface area contributed by atoms with E-state index in [9.17, 15) is 25.2 Å². The van der Waals surface area contributed by atoms with E-state index in [4.69, 9.17) is 0 Å². The van der Waals surface area contributed by atoms with Crippen molar-refractivity contribution in [3.05, 3.63) is 17.7 Å². The monoisotopic (exact) mass is 238 g/mol. The van der Waals surface area contributed by atoms with Crippen molar-refractivity contribution in [2.24, 2.45) is 0 Å². The maximum absolute atomic E-state index is 11.4. The number of carboxylic acid groups (broad SMARTS) is 1. The summed E-state index contributed by atoms with van der Waals surface area (Å²) in [5.74, 6) is -2.65. The van der Waals surface area contributed by atoms with Gasteiger partial charge in [-0.05, 0) is 18.9 Å². The topological polar surface area (TPSA) is 98.0 Å². The first-order valence-corrected chi connectivity index (χ1v) is 5.47. The molecule has 0 radical (unpaired) electrons. The summed E-state index contributed by atoms with van der Waals surface area (Å²) in [6.45, 7) is 0. The lowest BCUT2D eigenvalue weighted by molar-refractivity contribution is -0.143. The zero-order chi connectivity index (χ0) is 12.6. The minimum atomic E-state index is -1.14. The summed E-state index contributed by atoms with van der Waals surface area (Å²) in [7, 11) is 0. The van der Waals surface area contributed by atoms with Gasteiger partial charge in [0.25, 0.3) is 0 Å². The molecule has 92 valence electrons. The van der Waals surface area contributed by atoms with Gasteiger partial charge < -0.3 is 20.4 Å². The Bertz CT molecular complexity index is 460. The third-order valence-corrected chi connectivity index (χ3v) is 3.51. The summed E-state index contributed by atoms with van der Waals surface area (Å²) in [6, 6.07) is 2.57. The van der Waals surface area contributed by atoms with Crippen molar-refractivity contribution in [2.45, 2.75) is 31.1 Å². The van der Waals surface area contributed by atoms with E-state index in [1.807, 2.05) is 0 Å². The highest BCUT2D eigenvalue weighted by Crippen LogP contribution is 2.49. The number of hydrogen-bond acceptors (Lipinski definition) is 4. The van der Waals surface area contributed by atoms with Gasteiger partial charge in [0.15, 0.2) is 11.5 Å². The average molecular weight is 238 g/mol. The van der Waals surface area contributed by atoms with Crippen LogP contribution in [-0.4, -0.2) is 26.4 Å². The molecule has 17 heavy (non-hydrogen) atoms. The zero-order valence-electron chi connectivity index (χ0n) is 9.18. The van der Waals surface area contributed by atoms with Crippen LogP contribution in [0, 0.1) is 0 Å². The van der Waals surface area contributed by atoms with Crippen LogP contribution >= 0.6 is 0 Å². The minimum Gasteiger partial charge on any atom is -0.504 e. The number of rotatable bonds is 2. The maximum atomic E-state index is 11.4. The second-order valence-corrected chi connectivity index (χ2v) is 4.42. The summed E-state index contributed by atoms with van der Waals surface area (Å²) >= 11 is 0. The molecular formula is C12H14O5. The van der Waals surface area contributed by atoms with Gasteiger partial charge in [-0.15, -0.1) is 0 Å². The van der Waals surface area contributed by atoms with Gasteiger partial charge in [-0.1, -0.05) is 18.9 Å². The fraction of sp³-hybridized carbons (Fsp3) is 0.417. The Balaban J connectivity index is 2.59. The van der Waals surface area contributed by atoms with E-state index in [0.29, 0.717) is 12.8 Å². The van der Waals surface area contributed by atoms with E-state index in [1.54, 1.807) is 0 Å². The summed E-state index contributed by atoms with van der Waals surface area (Å²) in [4.78, 5) is 11.4. The number of hydrogen-bond donors (Lipinski definition) is 4. The summed E-state index contributed by atoms with van der Waals surface area (Å²) in [5, 5.41) is 37.8. The number of benzene rings is 1. The molecule has 0 aliphatic heterocycles. The summed E-state index contributed by atoms with van der Waals surface area (Å²) in [6.07, 6.45) is 2.40. The van der Waals surface area contributed by atoms with Gasteiger partial charge in [-0.2, -0.15) is 0 Å². The lowest BCUT2D eigenvalue weighted by Crippen LogP contribution is -2.32. The normalized spacial score (nSPS) is 18.1. The Morgan fingerprint density at radius 3 is 2.18 bits per heavy atom. The number of phenolic OH excluding ortho intramolecular Hbond substituents is 3. The Kier molecular flexibility index (Phi) is 2.61. The molecule has 1 fully saturated rings. The molecule has 0 amide bonds. The standard InChI is InChI=1S/C12H14O5/c13-8-4-3-7(9(14)10(8)15)12(11(16)17)5-1-2-6-12/h3-4,13-15H,1-2,5-6H2,(H,16,17). The maximum Gasteiger partial charge on any atom is 0.314 e. The smallest absolute Gasteiger partial charge is 0.314 e. The van der Waals surface area contributed by atoms with E-state index in [2.05, 4.69) is 0 Å². The fourth-order valence-corrected chi connectivity index (χ4v) is 2.53. The molecule has 4 N–H and O–H groups in total. The Labute approximate surface area is 98.0 Å². The Hall–Kier alpha value is -1.91. The number of aromatic hydroxyl groups is 3. The van der Waals surface area contributed by atoms with Crippen LogP contribution in [0.2, 0.25) is 0 Å². The molecule has 0 spiro atoms. The van der Waals surface area contributed by atoms with Crippen molar-refractivity contribution in [3.63, 3.8) is 0 Å². The van der Waals surface area contributed by atoms with Crippen LogP contribution in [-0.2, 0) is 10.2 Å². The molecule has 1 aromatic rings. The van der Waals surface area contributed by atoms with Gasteiger partial charge >= 0.3 is 5.97 Å². The van der Waals surface area contributed by atoms with Gasteiger partial charge in [-0.3, -0.25) is 4.79 Å². The van der Waals surface area contributed by atoms with E-state index < -0.39 is 28.6 Å². The summed E-state index contributed by atoms with van der Waals surface area (Å²) in [5.41, 5.74) is -0.965. The molecule has 0 atom stereocenters. The van der Waals surface area contributed by atoms with Crippen molar-refractivity contribution in [2.75, 3.05) is 0 Å². The van der Waals surface area contributed by atoms with E-state index in [0.717, 1.165) is 12.8 Å². The van der Waals surface area contributed by atoms with Crippen LogP contribution in [0.25, 0.3) is 0 Å². The van der Waals surface area contributed by atoms with Gasteiger partial charge in [0.1, 0.15) is 0 Å². The molecule has 0 bridgehead atoms. The third kappa shape index (κ3) is 1.58. The van der Waals surface area contributed by atoms with Crippen molar-refractivity contribution in [1.29, 1.82) is 0 Å². The largest absolute Gasteiger partial charge is 0.504 e. The highest BCUT2D eigenvalue weighted by molar-refractivity contribution is 5.83. The molecule has 1 saturated carbocycles. The molecule has 2 rings (SSSR count). The van der Waals surface area contributed by atoms with Crippen LogP contribution in [0.5, 0.6) is 17.2 Å². The molecule has 1 aliphatic rings. The molecule has 0 saturated heterocycles. The molecule has 1 aliphatic carbocycles. The number of aliphatic carboxylic acids is 1. The van der Waals surface area contributed by atoms with Gasteiger partial charge in [0, 0.05) is 5.56 Å². The molecule has 0 aromatic heterocycles. The minimum absolute atomic E-state index is 0.179. The molecule has 0 heterocycles. The second kappa shape index (κ2) is 3.84. The molecule has 5 nitrogen and oxygen atoms in total. The molecule has 5 heteroatoms. The lowest BCUT2D eigenvalue weighted by atomic mass is 9.78. The second-order valence-electron chi connectivity index (χ2n) is 4.42.